The average molecular weight is 502 g/mol. The highest BCUT2D eigenvalue weighted by Gasteiger charge is 2.36. The van der Waals surface area contributed by atoms with Crippen molar-refractivity contribution in [1.82, 2.24) is 19.9 Å². The van der Waals surface area contributed by atoms with Crippen molar-refractivity contribution in [2.45, 2.75) is 38.4 Å². The third kappa shape index (κ3) is 5.05. The van der Waals surface area contributed by atoms with Crippen LogP contribution in [0.4, 0.5) is 35.3 Å². The van der Waals surface area contributed by atoms with Crippen LogP contribution in [0.5, 0.6) is 0 Å². The molecule has 0 bridgehead atoms. The van der Waals surface area contributed by atoms with Gasteiger partial charge in [0.15, 0.2) is 5.82 Å². The van der Waals surface area contributed by atoms with E-state index in [1.807, 2.05) is 4.90 Å². The van der Waals surface area contributed by atoms with E-state index < -0.39 is 11.7 Å². The van der Waals surface area contributed by atoms with E-state index >= 15 is 0 Å². The van der Waals surface area contributed by atoms with Gasteiger partial charge in [-0.2, -0.15) is 28.1 Å². The molecule has 0 spiro atoms. The Bertz CT molecular complexity index is 1210. The van der Waals surface area contributed by atoms with E-state index in [4.69, 9.17) is 4.98 Å². The van der Waals surface area contributed by atoms with E-state index in [-0.39, 0.29) is 17.7 Å². The van der Waals surface area contributed by atoms with Crippen LogP contribution >= 0.6 is 0 Å². The van der Waals surface area contributed by atoms with Crippen LogP contribution in [0.15, 0.2) is 42.6 Å². The standard InChI is InChI=1S/C25H27F4N7/c1-17-6-2-3-11-36(17)24-32-21(18-7-4-8-19(26)16-18)31-23(33-24)35-14-12-34(13-15-35)22-20(25(27,28)29)9-5-10-30-22/h4-5,7-10,16-17H,2-3,6,11-15H2,1H3. The lowest BCUT2D eigenvalue weighted by atomic mass is 10.0. The molecule has 2 saturated heterocycles. The number of halogens is 4. The summed E-state index contributed by atoms with van der Waals surface area (Å²) in [5.74, 6) is 0.904. The average Bonchev–Trinajstić information content (AvgIpc) is 2.88. The normalized spacial score (nSPS) is 19.0. The lowest BCUT2D eigenvalue weighted by Gasteiger charge is -2.37. The molecule has 2 aliphatic heterocycles. The van der Waals surface area contributed by atoms with Crippen molar-refractivity contribution in [3.63, 3.8) is 0 Å². The molecule has 0 aliphatic carbocycles. The zero-order valence-electron chi connectivity index (χ0n) is 19.9. The number of rotatable bonds is 4. The van der Waals surface area contributed by atoms with Gasteiger partial charge in [-0.25, -0.2) is 9.37 Å². The number of anilines is 3. The summed E-state index contributed by atoms with van der Waals surface area (Å²) in [5.41, 5.74) is -0.195. The van der Waals surface area contributed by atoms with Gasteiger partial charge in [0, 0.05) is 50.5 Å². The first-order valence-electron chi connectivity index (χ1n) is 12.1. The minimum Gasteiger partial charge on any atom is -0.353 e. The van der Waals surface area contributed by atoms with Crippen LogP contribution in [-0.4, -0.2) is 58.7 Å². The Labute approximate surface area is 206 Å². The molecule has 11 heteroatoms. The molecule has 7 nitrogen and oxygen atoms in total. The van der Waals surface area contributed by atoms with E-state index in [0.29, 0.717) is 49.5 Å². The molecule has 5 rings (SSSR count). The second-order valence-electron chi connectivity index (χ2n) is 9.15. The summed E-state index contributed by atoms with van der Waals surface area (Å²) >= 11 is 0. The van der Waals surface area contributed by atoms with E-state index in [1.165, 1.54) is 24.4 Å². The zero-order chi connectivity index (χ0) is 25.3. The van der Waals surface area contributed by atoms with Crippen LogP contribution in [-0.2, 0) is 6.18 Å². The fraction of sp³-hybridized carbons (Fsp3) is 0.440. The quantitative estimate of drug-likeness (QED) is 0.476. The molecular weight excluding hydrogens is 474 g/mol. The Hall–Kier alpha value is -3.50. The first-order valence-corrected chi connectivity index (χ1v) is 12.1. The van der Waals surface area contributed by atoms with Crippen LogP contribution in [0.1, 0.15) is 31.7 Å². The number of pyridine rings is 1. The van der Waals surface area contributed by atoms with Crippen molar-refractivity contribution in [3.05, 3.63) is 54.0 Å². The monoisotopic (exact) mass is 501 g/mol. The number of alkyl halides is 3. The minimum absolute atomic E-state index is 0.0661. The maximum Gasteiger partial charge on any atom is 0.419 e. The molecule has 36 heavy (non-hydrogen) atoms. The first kappa shape index (κ1) is 24.2. The van der Waals surface area contributed by atoms with Crippen molar-refractivity contribution in [1.29, 1.82) is 0 Å². The van der Waals surface area contributed by atoms with E-state index in [9.17, 15) is 17.6 Å². The minimum atomic E-state index is -4.48. The highest BCUT2D eigenvalue weighted by atomic mass is 19.4. The number of nitrogens with zero attached hydrogens (tertiary/aromatic N) is 7. The first-order chi connectivity index (χ1) is 17.3. The highest BCUT2D eigenvalue weighted by molar-refractivity contribution is 5.59. The van der Waals surface area contributed by atoms with Gasteiger partial charge in [-0.3, -0.25) is 0 Å². The fourth-order valence-electron chi connectivity index (χ4n) is 4.76. The van der Waals surface area contributed by atoms with Gasteiger partial charge in [0.1, 0.15) is 11.6 Å². The number of hydrogen-bond donors (Lipinski definition) is 0. The Morgan fingerprint density at radius 2 is 1.61 bits per heavy atom. The van der Waals surface area contributed by atoms with Gasteiger partial charge in [-0.05, 0) is 50.5 Å². The van der Waals surface area contributed by atoms with Crippen molar-refractivity contribution in [2.75, 3.05) is 47.4 Å². The van der Waals surface area contributed by atoms with Crippen LogP contribution in [0.2, 0.25) is 0 Å². The molecule has 0 radical (unpaired) electrons. The number of piperazine rings is 1. The Balaban J connectivity index is 1.43. The largest absolute Gasteiger partial charge is 0.419 e. The molecule has 1 atom stereocenters. The van der Waals surface area contributed by atoms with Crippen molar-refractivity contribution in [3.8, 4) is 11.4 Å². The third-order valence-electron chi connectivity index (χ3n) is 6.71. The second-order valence-corrected chi connectivity index (χ2v) is 9.15. The number of aromatic nitrogens is 4. The topological polar surface area (TPSA) is 61.3 Å². The van der Waals surface area contributed by atoms with E-state index in [0.717, 1.165) is 31.9 Å². The smallest absolute Gasteiger partial charge is 0.353 e. The summed E-state index contributed by atoms with van der Waals surface area (Å²) in [7, 11) is 0. The summed E-state index contributed by atoms with van der Waals surface area (Å²) in [6.07, 6.45) is 0.0996. The molecule has 1 unspecified atom stereocenters. The van der Waals surface area contributed by atoms with Gasteiger partial charge in [0.25, 0.3) is 0 Å². The molecule has 190 valence electrons. The van der Waals surface area contributed by atoms with Gasteiger partial charge in [-0.15, -0.1) is 0 Å². The Morgan fingerprint density at radius 1 is 0.861 bits per heavy atom. The number of benzene rings is 1. The maximum absolute atomic E-state index is 14.0. The molecule has 2 aromatic heterocycles. The van der Waals surface area contributed by atoms with Gasteiger partial charge in [0.05, 0.1) is 5.56 Å². The van der Waals surface area contributed by atoms with Gasteiger partial charge < -0.3 is 14.7 Å². The predicted octanol–water partition coefficient (Wildman–Crippen LogP) is 4.80. The summed E-state index contributed by atoms with van der Waals surface area (Å²) in [6, 6.07) is 8.73. The van der Waals surface area contributed by atoms with E-state index in [1.54, 1.807) is 17.0 Å². The summed E-state index contributed by atoms with van der Waals surface area (Å²) in [6.45, 7) is 4.44. The van der Waals surface area contributed by atoms with Gasteiger partial charge >= 0.3 is 6.18 Å². The van der Waals surface area contributed by atoms with Crippen LogP contribution in [0, 0.1) is 5.82 Å². The lowest BCUT2D eigenvalue weighted by Crippen LogP contribution is -2.48. The van der Waals surface area contributed by atoms with Crippen LogP contribution in [0.3, 0.4) is 0 Å². The molecule has 3 aromatic rings. The SMILES string of the molecule is CC1CCCCN1c1nc(-c2cccc(F)c2)nc(N2CCN(c3ncccc3C(F)(F)F)CC2)n1. The van der Waals surface area contributed by atoms with Crippen LogP contribution < -0.4 is 14.7 Å². The Morgan fingerprint density at radius 3 is 2.33 bits per heavy atom. The molecule has 1 aromatic carbocycles. The highest BCUT2D eigenvalue weighted by Crippen LogP contribution is 2.35. The molecular formula is C25H27F4N7. The zero-order valence-corrected chi connectivity index (χ0v) is 19.9. The van der Waals surface area contributed by atoms with Crippen molar-refractivity contribution < 1.29 is 17.6 Å². The van der Waals surface area contributed by atoms with Crippen molar-refractivity contribution >= 4 is 17.7 Å². The van der Waals surface area contributed by atoms with Crippen molar-refractivity contribution in [2.24, 2.45) is 0 Å². The fourth-order valence-corrected chi connectivity index (χ4v) is 4.76. The predicted molar refractivity (Wildman–Crippen MR) is 130 cm³/mol. The molecule has 2 fully saturated rings. The van der Waals surface area contributed by atoms with Crippen LogP contribution in [0.25, 0.3) is 11.4 Å². The maximum atomic E-state index is 14.0. The molecule has 2 aliphatic rings. The summed E-state index contributed by atoms with van der Waals surface area (Å²) in [4.78, 5) is 23.8. The molecule has 4 heterocycles. The molecule has 0 saturated carbocycles. The Kier molecular flexibility index (Phi) is 6.63. The van der Waals surface area contributed by atoms with Gasteiger partial charge in [-0.1, -0.05) is 12.1 Å². The molecule has 0 N–H and O–H groups in total. The van der Waals surface area contributed by atoms with Gasteiger partial charge in [0.2, 0.25) is 11.9 Å². The summed E-state index contributed by atoms with van der Waals surface area (Å²) < 4.78 is 54.5. The summed E-state index contributed by atoms with van der Waals surface area (Å²) in [5, 5.41) is 0. The number of hydrogen-bond acceptors (Lipinski definition) is 7. The second kappa shape index (κ2) is 9.87. The molecule has 0 amide bonds. The van der Waals surface area contributed by atoms with E-state index in [2.05, 4.69) is 26.8 Å². The lowest BCUT2D eigenvalue weighted by molar-refractivity contribution is -0.137. The number of piperidine rings is 1. The third-order valence-corrected chi connectivity index (χ3v) is 6.71.